The Bertz CT molecular complexity index is 717. The highest BCUT2D eigenvalue weighted by Gasteiger charge is 2.34. The molecule has 1 N–H and O–H groups in total. The lowest BCUT2D eigenvalue weighted by molar-refractivity contribution is -0.117. The topological polar surface area (TPSA) is 66.5 Å². The second-order valence-electron chi connectivity index (χ2n) is 7.13. The first kappa shape index (κ1) is 16.5. The summed E-state index contributed by atoms with van der Waals surface area (Å²) in [5.41, 5.74) is 1.26. The average Bonchev–Trinajstić information content (AvgIpc) is 2.75. The van der Waals surface area contributed by atoms with Crippen LogP contribution in [-0.4, -0.2) is 31.7 Å². The molecule has 23 heavy (non-hydrogen) atoms. The Hall–Kier alpha value is -1.40. The quantitative estimate of drug-likeness (QED) is 0.903. The molecule has 2 aliphatic rings. The Morgan fingerprint density at radius 1 is 1.09 bits per heavy atom. The minimum absolute atomic E-state index is 0.0226. The van der Waals surface area contributed by atoms with Crippen molar-refractivity contribution in [3.05, 3.63) is 23.8 Å². The zero-order valence-electron chi connectivity index (χ0n) is 13.8. The molecule has 1 amide bonds. The van der Waals surface area contributed by atoms with E-state index in [1.807, 2.05) is 13.8 Å². The molecular weight excluding hydrogens is 312 g/mol. The van der Waals surface area contributed by atoms with E-state index < -0.39 is 10.0 Å². The highest BCUT2D eigenvalue weighted by Crippen LogP contribution is 2.38. The van der Waals surface area contributed by atoms with Crippen LogP contribution in [0.3, 0.4) is 0 Å². The Morgan fingerprint density at radius 3 is 2.39 bits per heavy atom. The lowest BCUT2D eigenvalue weighted by Gasteiger charge is -2.32. The zero-order valence-corrected chi connectivity index (χ0v) is 14.6. The van der Waals surface area contributed by atoms with Gasteiger partial charge >= 0.3 is 0 Å². The van der Waals surface area contributed by atoms with Gasteiger partial charge in [-0.1, -0.05) is 26.7 Å². The summed E-state index contributed by atoms with van der Waals surface area (Å²) in [4.78, 5) is 12.1. The summed E-state index contributed by atoms with van der Waals surface area (Å²) in [6.07, 6.45) is 4.40. The first-order chi connectivity index (χ1) is 10.8. The summed E-state index contributed by atoms with van der Waals surface area (Å²) in [5.74, 6) is -0.0226. The van der Waals surface area contributed by atoms with Crippen LogP contribution < -0.4 is 5.32 Å². The largest absolute Gasteiger partial charge is 0.326 e. The minimum Gasteiger partial charge on any atom is -0.326 e. The molecule has 3 rings (SSSR count). The summed E-state index contributed by atoms with van der Waals surface area (Å²) >= 11 is 0. The number of hydrogen-bond donors (Lipinski definition) is 1. The Morgan fingerprint density at radius 2 is 1.74 bits per heavy atom. The monoisotopic (exact) mass is 336 g/mol. The number of rotatable bonds is 2. The molecule has 6 heteroatoms. The number of anilines is 1. The predicted molar refractivity (Wildman–Crippen MR) is 89.9 cm³/mol. The number of amides is 1. The van der Waals surface area contributed by atoms with Crippen LogP contribution in [0.5, 0.6) is 0 Å². The van der Waals surface area contributed by atoms with Crippen molar-refractivity contribution in [1.29, 1.82) is 0 Å². The number of fused-ring (bicyclic) bond motifs is 1. The molecule has 2 aliphatic heterocycles. The molecule has 5 nitrogen and oxygen atoms in total. The normalized spacial score (nSPS) is 22.1. The fourth-order valence-corrected chi connectivity index (χ4v) is 5.02. The third-order valence-corrected chi connectivity index (χ3v) is 6.69. The van der Waals surface area contributed by atoms with E-state index >= 15 is 0 Å². The van der Waals surface area contributed by atoms with Gasteiger partial charge in [-0.05, 0) is 36.6 Å². The first-order valence-electron chi connectivity index (χ1n) is 8.25. The van der Waals surface area contributed by atoms with Crippen LogP contribution in [0.1, 0.15) is 51.5 Å². The molecule has 0 atom stereocenters. The maximum absolute atomic E-state index is 12.9. The summed E-state index contributed by atoms with van der Waals surface area (Å²) in [6.45, 7) is 5.15. The van der Waals surface area contributed by atoms with Gasteiger partial charge in [-0.25, -0.2) is 8.42 Å². The fourth-order valence-electron chi connectivity index (χ4n) is 3.47. The maximum Gasteiger partial charge on any atom is 0.243 e. The smallest absolute Gasteiger partial charge is 0.243 e. The van der Waals surface area contributed by atoms with E-state index in [2.05, 4.69) is 5.32 Å². The Balaban J connectivity index is 1.99. The number of benzene rings is 1. The van der Waals surface area contributed by atoms with Gasteiger partial charge in [0.05, 0.1) is 4.90 Å². The molecule has 2 heterocycles. The predicted octanol–water partition coefficient (Wildman–Crippen LogP) is 2.87. The summed E-state index contributed by atoms with van der Waals surface area (Å²) < 4.78 is 27.5. The van der Waals surface area contributed by atoms with E-state index in [0.717, 1.165) is 36.9 Å². The number of nitrogens with one attached hydrogen (secondary N) is 1. The molecular formula is C17H24N2O3S. The van der Waals surface area contributed by atoms with Gasteiger partial charge < -0.3 is 5.32 Å². The van der Waals surface area contributed by atoms with E-state index in [1.54, 1.807) is 22.5 Å². The van der Waals surface area contributed by atoms with Gasteiger partial charge in [0, 0.05) is 30.6 Å². The third kappa shape index (κ3) is 3.15. The van der Waals surface area contributed by atoms with E-state index in [0.29, 0.717) is 24.4 Å². The van der Waals surface area contributed by atoms with Gasteiger partial charge in [0.25, 0.3) is 0 Å². The van der Waals surface area contributed by atoms with E-state index in [1.165, 1.54) is 0 Å². The van der Waals surface area contributed by atoms with Crippen LogP contribution in [0.2, 0.25) is 0 Å². The highest BCUT2D eigenvalue weighted by molar-refractivity contribution is 7.89. The summed E-state index contributed by atoms with van der Waals surface area (Å²) in [5, 5.41) is 2.84. The number of sulfonamides is 1. The van der Waals surface area contributed by atoms with Gasteiger partial charge in [0.15, 0.2) is 0 Å². The van der Waals surface area contributed by atoms with Crippen LogP contribution in [0.4, 0.5) is 5.69 Å². The van der Waals surface area contributed by atoms with Crippen LogP contribution in [0.25, 0.3) is 0 Å². The molecule has 0 spiro atoms. The molecule has 0 bridgehead atoms. The Kier molecular flexibility index (Phi) is 4.23. The molecule has 0 radical (unpaired) electrons. The fraction of sp³-hybridized carbons (Fsp3) is 0.588. The Labute approximate surface area is 138 Å². The van der Waals surface area contributed by atoms with E-state index in [-0.39, 0.29) is 11.3 Å². The number of hydrogen-bond acceptors (Lipinski definition) is 3. The van der Waals surface area contributed by atoms with Crippen molar-refractivity contribution in [2.45, 2.75) is 56.3 Å². The highest BCUT2D eigenvalue weighted by atomic mass is 32.2. The molecule has 1 fully saturated rings. The number of carbonyl (C=O) groups is 1. The van der Waals surface area contributed by atoms with Crippen molar-refractivity contribution < 1.29 is 13.2 Å². The molecule has 1 aromatic carbocycles. The van der Waals surface area contributed by atoms with Crippen molar-refractivity contribution >= 4 is 21.6 Å². The lowest BCUT2D eigenvalue weighted by atomic mass is 9.78. The molecule has 1 aromatic rings. The number of nitrogens with zero attached hydrogens (tertiary/aromatic N) is 1. The molecule has 0 aromatic heterocycles. The third-order valence-electron chi connectivity index (χ3n) is 4.80. The van der Waals surface area contributed by atoms with Gasteiger partial charge in [0.1, 0.15) is 0 Å². The molecule has 0 saturated carbocycles. The van der Waals surface area contributed by atoms with Crippen molar-refractivity contribution in [2.75, 3.05) is 18.4 Å². The van der Waals surface area contributed by atoms with Crippen molar-refractivity contribution in [3.63, 3.8) is 0 Å². The maximum atomic E-state index is 12.9. The summed E-state index contributed by atoms with van der Waals surface area (Å²) in [7, 11) is -3.46. The van der Waals surface area contributed by atoms with Gasteiger partial charge in [-0.2, -0.15) is 4.31 Å². The second-order valence-corrected chi connectivity index (χ2v) is 9.07. The lowest BCUT2D eigenvalue weighted by Crippen LogP contribution is -2.34. The zero-order chi connectivity index (χ0) is 16.7. The molecule has 0 unspecified atom stereocenters. The van der Waals surface area contributed by atoms with Crippen LogP contribution in [0, 0.1) is 0 Å². The summed E-state index contributed by atoms with van der Waals surface area (Å²) in [6, 6.07) is 5.08. The van der Waals surface area contributed by atoms with Gasteiger partial charge in [-0.15, -0.1) is 0 Å². The molecule has 126 valence electrons. The van der Waals surface area contributed by atoms with Gasteiger partial charge in [0.2, 0.25) is 15.9 Å². The van der Waals surface area contributed by atoms with Crippen LogP contribution in [0.15, 0.2) is 23.1 Å². The van der Waals surface area contributed by atoms with Crippen LogP contribution >= 0.6 is 0 Å². The van der Waals surface area contributed by atoms with Crippen LogP contribution in [-0.2, 0) is 20.2 Å². The van der Waals surface area contributed by atoms with Gasteiger partial charge in [-0.3, -0.25) is 4.79 Å². The minimum atomic E-state index is -3.46. The SMILES string of the molecule is CC1(C)CC(=O)Nc2ccc(S(=O)(=O)N3CCCCCC3)cc21. The second kappa shape index (κ2) is 5.91. The standard InChI is InChI=1S/C17H24N2O3S/c1-17(2)12-16(20)18-15-8-7-13(11-14(15)17)23(21,22)19-9-5-3-4-6-10-19/h7-8,11H,3-6,9-10,12H2,1-2H3,(H,18,20). The first-order valence-corrected chi connectivity index (χ1v) is 9.69. The van der Waals surface area contributed by atoms with Crippen molar-refractivity contribution in [3.8, 4) is 0 Å². The molecule has 0 aliphatic carbocycles. The van der Waals surface area contributed by atoms with E-state index in [4.69, 9.17) is 0 Å². The van der Waals surface area contributed by atoms with E-state index in [9.17, 15) is 13.2 Å². The van der Waals surface area contributed by atoms with Crippen molar-refractivity contribution in [2.24, 2.45) is 0 Å². The van der Waals surface area contributed by atoms with Crippen molar-refractivity contribution in [1.82, 2.24) is 4.31 Å². The number of carbonyl (C=O) groups excluding carboxylic acids is 1. The molecule has 1 saturated heterocycles. The average molecular weight is 336 g/mol.